The minimum absolute atomic E-state index is 0.0200. The summed E-state index contributed by atoms with van der Waals surface area (Å²) in [6.45, 7) is 9.73. The number of pyridine rings is 1. The van der Waals surface area contributed by atoms with E-state index in [1.54, 1.807) is 6.20 Å². The number of aromatic nitrogens is 1. The molecule has 0 bridgehead atoms. The number of rotatable bonds is 6. The van der Waals surface area contributed by atoms with Crippen molar-refractivity contribution in [3.8, 4) is 0 Å². The average molecular weight is 310 g/mol. The van der Waals surface area contributed by atoms with Gasteiger partial charge in [-0.2, -0.15) is 0 Å². The Hall–Kier alpha value is -2.42. The predicted molar refractivity (Wildman–Crippen MR) is 99.5 cm³/mol. The number of nitrogens with one attached hydrogen (secondary N) is 1. The summed E-state index contributed by atoms with van der Waals surface area (Å²) in [5.74, 6) is 0.0200. The topological polar surface area (TPSA) is 42.0 Å². The minimum atomic E-state index is 0.0200. The van der Waals surface area contributed by atoms with Crippen molar-refractivity contribution in [2.75, 3.05) is 5.32 Å². The first kappa shape index (κ1) is 18.6. The number of benzene rings is 1. The third-order valence-electron chi connectivity index (χ3n) is 3.38. The second-order valence-corrected chi connectivity index (χ2v) is 4.89. The van der Waals surface area contributed by atoms with E-state index in [4.69, 9.17) is 0 Å². The maximum absolute atomic E-state index is 11.9. The van der Waals surface area contributed by atoms with Crippen LogP contribution >= 0.6 is 0 Å². The van der Waals surface area contributed by atoms with E-state index in [2.05, 4.69) is 16.9 Å². The predicted octanol–water partition coefficient (Wildman–Crippen LogP) is 5.50. The Morgan fingerprint density at radius 2 is 2.00 bits per heavy atom. The van der Waals surface area contributed by atoms with E-state index in [1.807, 2.05) is 63.3 Å². The summed E-state index contributed by atoms with van der Waals surface area (Å²) < 4.78 is 0. The van der Waals surface area contributed by atoms with Crippen LogP contribution in [0.25, 0.3) is 10.9 Å². The lowest BCUT2D eigenvalue weighted by Gasteiger charge is -2.06. The molecule has 2 rings (SSSR count). The summed E-state index contributed by atoms with van der Waals surface area (Å²) in [6.07, 6.45) is 7.75. The summed E-state index contributed by atoms with van der Waals surface area (Å²) in [5, 5.41) is 3.92. The zero-order valence-corrected chi connectivity index (χ0v) is 14.3. The van der Waals surface area contributed by atoms with Crippen LogP contribution in [0.2, 0.25) is 0 Å². The fourth-order valence-electron chi connectivity index (χ4n) is 2.18. The van der Waals surface area contributed by atoms with E-state index in [9.17, 15) is 4.79 Å². The minimum Gasteiger partial charge on any atom is -0.325 e. The first-order valence-electron chi connectivity index (χ1n) is 8.15. The average Bonchev–Trinajstić information content (AvgIpc) is 2.60. The summed E-state index contributed by atoms with van der Waals surface area (Å²) >= 11 is 0. The molecule has 1 N–H and O–H groups in total. The van der Waals surface area contributed by atoms with E-state index < -0.39 is 0 Å². The van der Waals surface area contributed by atoms with Crippen LogP contribution in [0.15, 0.2) is 60.8 Å². The van der Waals surface area contributed by atoms with Crippen LogP contribution in [-0.2, 0) is 4.79 Å². The van der Waals surface area contributed by atoms with Crippen molar-refractivity contribution in [3.05, 3.63) is 60.8 Å². The highest BCUT2D eigenvalue weighted by molar-refractivity contribution is 5.93. The number of fused-ring (bicyclic) bond motifs is 1. The van der Waals surface area contributed by atoms with Crippen molar-refractivity contribution < 1.29 is 4.79 Å². The molecule has 1 aromatic carbocycles. The van der Waals surface area contributed by atoms with Crippen molar-refractivity contribution in [1.29, 1.82) is 0 Å². The van der Waals surface area contributed by atoms with Gasteiger partial charge in [-0.05, 0) is 31.9 Å². The fraction of sp³-hybridized carbons (Fsp3) is 0.300. The molecule has 3 heteroatoms. The van der Waals surface area contributed by atoms with Crippen LogP contribution in [0.5, 0.6) is 0 Å². The highest BCUT2D eigenvalue weighted by Gasteiger charge is 2.04. The molecule has 0 unspecified atom stereocenters. The zero-order valence-electron chi connectivity index (χ0n) is 14.3. The second kappa shape index (κ2) is 10.3. The van der Waals surface area contributed by atoms with Crippen molar-refractivity contribution in [2.24, 2.45) is 0 Å². The van der Waals surface area contributed by atoms with Gasteiger partial charge in [-0.3, -0.25) is 9.78 Å². The normalized spacial score (nSPS) is 10.7. The molecule has 1 heterocycles. The third kappa shape index (κ3) is 6.07. The molecule has 23 heavy (non-hydrogen) atoms. The molecule has 0 aliphatic heterocycles. The Morgan fingerprint density at radius 3 is 2.70 bits per heavy atom. The highest BCUT2D eigenvalue weighted by Crippen LogP contribution is 2.16. The monoisotopic (exact) mass is 310 g/mol. The van der Waals surface area contributed by atoms with Gasteiger partial charge in [0.1, 0.15) is 0 Å². The standard InChI is InChI=1S/C18H20N2O.C2H6/c1-3-14(4-2)8-7-11-18(21)20-16-12-15-9-5-6-10-17(15)19-13-16;1-2/h3-6,9-10,12-13H,1,7-8,11H2,2H3,(H,20,21);1-2H3/b14-4+;. The number of hydrogen-bond acceptors (Lipinski definition) is 2. The van der Waals surface area contributed by atoms with Crippen molar-refractivity contribution >= 4 is 22.5 Å². The smallest absolute Gasteiger partial charge is 0.224 e. The number of amides is 1. The molecule has 1 amide bonds. The number of carbonyl (C=O) groups excluding carboxylic acids is 1. The van der Waals surface area contributed by atoms with Crippen molar-refractivity contribution in [3.63, 3.8) is 0 Å². The van der Waals surface area contributed by atoms with E-state index in [0.717, 1.165) is 29.4 Å². The quantitative estimate of drug-likeness (QED) is 0.716. The number of anilines is 1. The van der Waals surface area contributed by atoms with Crippen molar-refractivity contribution in [2.45, 2.75) is 40.0 Å². The Kier molecular flexibility index (Phi) is 8.37. The third-order valence-corrected chi connectivity index (χ3v) is 3.38. The van der Waals surface area contributed by atoms with Crippen molar-refractivity contribution in [1.82, 2.24) is 4.98 Å². The van der Waals surface area contributed by atoms with Gasteiger partial charge in [0.05, 0.1) is 17.4 Å². The van der Waals surface area contributed by atoms with Gasteiger partial charge >= 0.3 is 0 Å². The molecule has 0 aliphatic carbocycles. The lowest BCUT2D eigenvalue weighted by atomic mass is 10.1. The van der Waals surface area contributed by atoms with Crippen LogP contribution in [-0.4, -0.2) is 10.9 Å². The number of allylic oxidation sites excluding steroid dienone is 3. The molecule has 0 spiro atoms. The molecule has 0 aliphatic rings. The molecule has 0 atom stereocenters. The van der Waals surface area contributed by atoms with E-state index in [0.29, 0.717) is 6.42 Å². The zero-order chi connectivity index (χ0) is 17.1. The Bertz CT molecular complexity index is 674. The summed E-state index contributed by atoms with van der Waals surface area (Å²) in [5.41, 5.74) is 2.85. The molecule has 0 saturated carbocycles. The lowest BCUT2D eigenvalue weighted by Crippen LogP contribution is -2.11. The van der Waals surface area contributed by atoms with Gasteiger partial charge in [0, 0.05) is 11.8 Å². The van der Waals surface area contributed by atoms with Crippen LogP contribution in [0, 0.1) is 0 Å². The van der Waals surface area contributed by atoms with Crippen LogP contribution < -0.4 is 5.32 Å². The van der Waals surface area contributed by atoms with Crippen LogP contribution in [0.1, 0.15) is 40.0 Å². The van der Waals surface area contributed by atoms with Gasteiger partial charge < -0.3 is 5.32 Å². The van der Waals surface area contributed by atoms with Crippen LogP contribution in [0.3, 0.4) is 0 Å². The van der Waals surface area contributed by atoms with Gasteiger partial charge in [0.2, 0.25) is 5.91 Å². The molecule has 122 valence electrons. The Balaban J connectivity index is 0.00000127. The molecule has 1 aromatic heterocycles. The van der Waals surface area contributed by atoms with E-state index in [-0.39, 0.29) is 5.91 Å². The van der Waals surface area contributed by atoms with E-state index in [1.165, 1.54) is 5.57 Å². The number of nitrogens with zero attached hydrogens (tertiary/aromatic N) is 1. The van der Waals surface area contributed by atoms with E-state index >= 15 is 0 Å². The second-order valence-electron chi connectivity index (χ2n) is 4.89. The summed E-state index contributed by atoms with van der Waals surface area (Å²) in [6, 6.07) is 9.80. The number of carbonyl (C=O) groups is 1. The van der Waals surface area contributed by atoms with Crippen LogP contribution in [0.4, 0.5) is 5.69 Å². The molecule has 0 fully saturated rings. The molecule has 0 saturated heterocycles. The van der Waals surface area contributed by atoms with Gasteiger partial charge in [0.15, 0.2) is 0 Å². The van der Waals surface area contributed by atoms with Gasteiger partial charge in [-0.15, -0.1) is 0 Å². The van der Waals surface area contributed by atoms with Gasteiger partial charge in [-0.25, -0.2) is 0 Å². The van der Waals surface area contributed by atoms with Gasteiger partial charge in [-0.1, -0.05) is 56.4 Å². The van der Waals surface area contributed by atoms with Gasteiger partial charge in [0.25, 0.3) is 0 Å². The maximum Gasteiger partial charge on any atom is 0.224 e. The largest absolute Gasteiger partial charge is 0.325 e. The number of hydrogen-bond donors (Lipinski definition) is 1. The first-order valence-corrected chi connectivity index (χ1v) is 8.15. The maximum atomic E-state index is 11.9. The molecule has 3 nitrogen and oxygen atoms in total. The number of para-hydroxylation sites is 1. The Labute approximate surface area is 139 Å². The highest BCUT2D eigenvalue weighted by atomic mass is 16.1. The Morgan fingerprint density at radius 1 is 1.26 bits per heavy atom. The summed E-state index contributed by atoms with van der Waals surface area (Å²) in [7, 11) is 0. The first-order chi connectivity index (χ1) is 11.2. The molecule has 2 aromatic rings. The fourth-order valence-corrected chi connectivity index (χ4v) is 2.18. The molecular formula is C20H26N2O. The summed E-state index contributed by atoms with van der Waals surface area (Å²) in [4.78, 5) is 16.3. The lowest BCUT2D eigenvalue weighted by molar-refractivity contribution is -0.116. The molecular weight excluding hydrogens is 284 g/mol. The molecule has 0 radical (unpaired) electrons. The SMILES string of the molecule is C=C/C(=C\C)CCCC(=O)Nc1cnc2ccccc2c1.CC.